The van der Waals surface area contributed by atoms with Gasteiger partial charge >= 0.3 is 0 Å². The number of benzene rings is 3. The molecule has 1 fully saturated rings. The van der Waals surface area contributed by atoms with Gasteiger partial charge in [0, 0.05) is 18.3 Å². The number of aryl methyl sites for hydroxylation is 1. The Labute approximate surface area is 212 Å². The van der Waals surface area contributed by atoms with Crippen LogP contribution in [0.3, 0.4) is 0 Å². The number of carbonyl (C=O) groups excluding carboxylic acids is 2. The van der Waals surface area contributed by atoms with Crippen molar-refractivity contribution >= 4 is 52.0 Å². The molecule has 0 aromatic heterocycles. The van der Waals surface area contributed by atoms with E-state index in [0.717, 1.165) is 11.3 Å². The smallest absolute Gasteiger partial charge is 0.300 e. The third kappa shape index (κ3) is 4.03. The lowest BCUT2D eigenvalue weighted by Crippen LogP contribution is -2.29. The van der Waals surface area contributed by atoms with Gasteiger partial charge in [-0.05, 0) is 48.9 Å². The summed E-state index contributed by atoms with van der Waals surface area (Å²) in [6.45, 7) is 3.19. The first-order valence-electron chi connectivity index (χ1n) is 11.1. The summed E-state index contributed by atoms with van der Waals surface area (Å²) < 4.78 is 5.70. The molecule has 3 aromatic carbocycles. The molecule has 1 unspecified atom stereocenters. The first kappa shape index (κ1) is 23.3. The van der Waals surface area contributed by atoms with Crippen molar-refractivity contribution in [1.82, 2.24) is 0 Å². The molecule has 5 rings (SSSR count). The van der Waals surface area contributed by atoms with Crippen molar-refractivity contribution in [2.24, 2.45) is 0 Å². The number of carbonyl (C=O) groups is 2. The summed E-state index contributed by atoms with van der Waals surface area (Å²) in [7, 11) is 1.93. The lowest BCUT2D eigenvalue weighted by Gasteiger charge is -2.28. The minimum atomic E-state index is -0.850. The van der Waals surface area contributed by atoms with E-state index >= 15 is 0 Å². The lowest BCUT2D eigenvalue weighted by atomic mass is 9.94. The Morgan fingerprint density at radius 1 is 1.03 bits per heavy atom. The molecule has 1 saturated heterocycles. The molecule has 1 atom stereocenters. The monoisotopic (exact) mass is 508 g/mol. The summed E-state index contributed by atoms with van der Waals surface area (Å²) in [4.78, 5) is 30.1. The number of fused-ring (bicyclic) bond motifs is 1. The van der Waals surface area contributed by atoms with Crippen molar-refractivity contribution in [1.29, 1.82) is 0 Å². The van der Waals surface area contributed by atoms with Gasteiger partial charge in [-0.1, -0.05) is 53.0 Å². The van der Waals surface area contributed by atoms with Gasteiger partial charge in [-0.2, -0.15) is 0 Å². The van der Waals surface area contributed by atoms with E-state index in [1.165, 1.54) is 4.90 Å². The van der Waals surface area contributed by atoms with E-state index in [9.17, 15) is 14.7 Å². The molecule has 178 valence electrons. The Hall–Kier alpha value is -3.48. The molecule has 35 heavy (non-hydrogen) atoms. The van der Waals surface area contributed by atoms with Crippen LogP contribution in [0.2, 0.25) is 10.0 Å². The number of halogens is 2. The highest BCUT2D eigenvalue weighted by atomic mass is 35.5. The standard InChI is InChI=1S/C27H22Cl2N2O4/c1-15-4-3-5-16(12-15)24-23(25(32)17-6-9-22-21(13-17)30(2)10-11-35-22)26(33)27(34)31(24)18-7-8-19(28)20(29)14-18/h3-9,12-14,24,32H,10-11H2,1-2H3/b25-23-. The first-order valence-corrected chi connectivity index (χ1v) is 11.8. The van der Waals surface area contributed by atoms with Crippen molar-refractivity contribution in [2.45, 2.75) is 13.0 Å². The summed E-state index contributed by atoms with van der Waals surface area (Å²) in [5.41, 5.74) is 3.28. The predicted molar refractivity (Wildman–Crippen MR) is 138 cm³/mol. The van der Waals surface area contributed by atoms with Crippen LogP contribution in [0.1, 0.15) is 22.7 Å². The molecule has 8 heteroatoms. The fourth-order valence-corrected chi connectivity index (χ4v) is 4.84. The van der Waals surface area contributed by atoms with Crippen molar-refractivity contribution in [3.05, 3.63) is 93.0 Å². The molecule has 1 amide bonds. The number of ether oxygens (including phenoxy) is 1. The zero-order chi connectivity index (χ0) is 24.9. The summed E-state index contributed by atoms with van der Waals surface area (Å²) in [6, 6.07) is 16.6. The average Bonchev–Trinajstić information content (AvgIpc) is 3.11. The van der Waals surface area contributed by atoms with Gasteiger partial charge in [0.15, 0.2) is 0 Å². The van der Waals surface area contributed by atoms with Crippen LogP contribution in [0, 0.1) is 6.92 Å². The van der Waals surface area contributed by atoms with Crippen molar-refractivity contribution in [2.75, 3.05) is 30.0 Å². The molecule has 0 radical (unpaired) electrons. The number of aliphatic hydroxyl groups is 1. The summed E-state index contributed by atoms with van der Waals surface area (Å²) >= 11 is 12.3. The fourth-order valence-electron chi connectivity index (χ4n) is 4.54. The second-order valence-electron chi connectivity index (χ2n) is 8.63. The van der Waals surface area contributed by atoms with Gasteiger partial charge in [-0.25, -0.2) is 0 Å². The maximum Gasteiger partial charge on any atom is 0.300 e. The maximum atomic E-state index is 13.4. The molecular weight excluding hydrogens is 487 g/mol. The van der Waals surface area contributed by atoms with Gasteiger partial charge in [-0.15, -0.1) is 0 Å². The zero-order valence-electron chi connectivity index (χ0n) is 19.1. The van der Waals surface area contributed by atoms with Crippen LogP contribution in [0.4, 0.5) is 11.4 Å². The molecular formula is C27H22Cl2N2O4. The molecule has 0 bridgehead atoms. The first-order chi connectivity index (χ1) is 16.8. The number of amides is 1. The quantitative estimate of drug-likeness (QED) is 0.276. The Kier molecular flexibility index (Phi) is 5.95. The van der Waals surface area contributed by atoms with E-state index in [1.54, 1.807) is 36.4 Å². The van der Waals surface area contributed by atoms with Crippen LogP contribution in [0.25, 0.3) is 5.76 Å². The van der Waals surface area contributed by atoms with Gasteiger partial charge in [0.05, 0.1) is 33.9 Å². The lowest BCUT2D eigenvalue weighted by molar-refractivity contribution is -0.132. The number of hydrogen-bond donors (Lipinski definition) is 1. The highest BCUT2D eigenvalue weighted by Gasteiger charge is 2.47. The van der Waals surface area contributed by atoms with Crippen LogP contribution < -0.4 is 14.5 Å². The van der Waals surface area contributed by atoms with E-state index in [2.05, 4.69) is 0 Å². The highest BCUT2D eigenvalue weighted by molar-refractivity contribution is 6.52. The van der Waals surface area contributed by atoms with Crippen molar-refractivity contribution in [3.63, 3.8) is 0 Å². The minimum Gasteiger partial charge on any atom is -0.507 e. The van der Waals surface area contributed by atoms with Crippen LogP contribution in [0.5, 0.6) is 5.75 Å². The van der Waals surface area contributed by atoms with E-state index in [1.807, 2.05) is 43.1 Å². The number of likely N-dealkylation sites (N-methyl/N-ethyl adjacent to an activating group) is 1. The van der Waals surface area contributed by atoms with E-state index < -0.39 is 17.7 Å². The molecule has 0 spiro atoms. The molecule has 2 aliphatic rings. The van der Waals surface area contributed by atoms with Crippen molar-refractivity contribution < 1.29 is 19.4 Å². The van der Waals surface area contributed by atoms with Crippen LogP contribution in [-0.4, -0.2) is 37.0 Å². The topological polar surface area (TPSA) is 70.1 Å². The van der Waals surface area contributed by atoms with Gasteiger partial charge in [0.2, 0.25) is 0 Å². The van der Waals surface area contributed by atoms with E-state index in [4.69, 9.17) is 27.9 Å². The number of Topliss-reactive ketones (excluding diaryl/α,β-unsaturated/α-hetero) is 1. The molecule has 0 aliphatic carbocycles. The van der Waals surface area contributed by atoms with Gasteiger partial charge in [-0.3, -0.25) is 14.5 Å². The number of aliphatic hydroxyl groups excluding tert-OH is 1. The Bertz CT molecular complexity index is 1400. The zero-order valence-corrected chi connectivity index (χ0v) is 20.6. The second kappa shape index (κ2) is 8.95. The van der Waals surface area contributed by atoms with E-state index in [0.29, 0.717) is 40.7 Å². The second-order valence-corrected chi connectivity index (χ2v) is 9.45. The molecule has 3 aromatic rings. The van der Waals surface area contributed by atoms with Gasteiger partial charge < -0.3 is 14.7 Å². The maximum absolute atomic E-state index is 13.4. The summed E-state index contributed by atoms with van der Waals surface area (Å²) in [6.07, 6.45) is 0. The minimum absolute atomic E-state index is 0.00556. The SMILES string of the molecule is Cc1cccc(C2/C(=C(/O)c3ccc4c(c3)N(C)CCO4)C(=O)C(=O)N2c2ccc(Cl)c(Cl)c2)c1. The molecule has 0 saturated carbocycles. The summed E-state index contributed by atoms with van der Waals surface area (Å²) in [5.74, 6) is -1.08. The van der Waals surface area contributed by atoms with Gasteiger partial charge in [0.1, 0.15) is 18.1 Å². The van der Waals surface area contributed by atoms with E-state index in [-0.39, 0.29) is 16.4 Å². The molecule has 2 aliphatic heterocycles. The third-order valence-corrected chi connectivity index (χ3v) is 7.05. The highest BCUT2D eigenvalue weighted by Crippen LogP contribution is 2.44. The number of hydrogen-bond acceptors (Lipinski definition) is 5. The van der Waals surface area contributed by atoms with Crippen LogP contribution >= 0.6 is 23.2 Å². The Morgan fingerprint density at radius 2 is 1.83 bits per heavy atom. The Balaban J connectivity index is 1.71. The normalized spacial score (nSPS) is 19.0. The fraction of sp³-hybridized carbons (Fsp3) is 0.185. The molecule has 2 heterocycles. The predicted octanol–water partition coefficient (Wildman–Crippen LogP) is 5.76. The Morgan fingerprint density at radius 3 is 2.57 bits per heavy atom. The van der Waals surface area contributed by atoms with Crippen LogP contribution in [-0.2, 0) is 9.59 Å². The molecule has 6 nitrogen and oxygen atoms in total. The summed E-state index contributed by atoms with van der Waals surface area (Å²) in [5, 5.41) is 12.0. The number of ketones is 1. The number of anilines is 2. The van der Waals surface area contributed by atoms with Crippen molar-refractivity contribution in [3.8, 4) is 5.75 Å². The van der Waals surface area contributed by atoms with Crippen LogP contribution in [0.15, 0.2) is 66.2 Å². The van der Waals surface area contributed by atoms with Gasteiger partial charge in [0.25, 0.3) is 11.7 Å². The third-order valence-electron chi connectivity index (χ3n) is 6.31. The number of rotatable bonds is 3. The number of nitrogens with zero attached hydrogens (tertiary/aromatic N) is 2. The average molecular weight is 509 g/mol. The largest absolute Gasteiger partial charge is 0.507 e. The molecule has 1 N–H and O–H groups in total.